The molecule has 1 aromatic heterocycles. The molecule has 1 heterocycles. The molecule has 0 amide bonds. The van der Waals surface area contributed by atoms with Crippen LogP contribution in [0.2, 0.25) is 0 Å². The number of para-hydroxylation sites is 1. The fraction of sp³-hybridized carbons (Fsp3) is 0.385. The quantitative estimate of drug-likeness (QED) is 0.776. The average molecular weight is 218 g/mol. The molecule has 0 aliphatic heterocycles. The Morgan fingerprint density at radius 2 is 2.00 bits per heavy atom. The van der Waals surface area contributed by atoms with E-state index >= 15 is 0 Å². The second kappa shape index (κ2) is 6.05. The van der Waals surface area contributed by atoms with Crippen LogP contribution in [0.1, 0.15) is 26.6 Å². The van der Waals surface area contributed by atoms with Gasteiger partial charge in [0.2, 0.25) is 0 Å². The van der Waals surface area contributed by atoms with E-state index in [1.165, 1.54) is 0 Å². The Labute approximate surface area is 96.5 Å². The maximum absolute atomic E-state index is 5.24. The van der Waals surface area contributed by atoms with Gasteiger partial charge >= 0.3 is 0 Å². The molecule has 1 aromatic carbocycles. The molecule has 3 heteroatoms. The molecule has 86 valence electrons. The standard InChI is InChI=1S/C11H12N2O.C2H6/c1-3-10-12-7-8-5-4-6-9(14-2)11(8)13-10;1-2/h4-7H,3H2,1-2H3;1-2H3. The lowest BCUT2D eigenvalue weighted by Gasteiger charge is -2.04. The lowest BCUT2D eigenvalue weighted by Crippen LogP contribution is -1.94. The van der Waals surface area contributed by atoms with Gasteiger partial charge in [-0.2, -0.15) is 0 Å². The predicted molar refractivity (Wildman–Crippen MR) is 66.8 cm³/mol. The van der Waals surface area contributed by atoms with E-state index in [-0.39, 0.29) is 0 Å². The van der Waals surface area contributed by atoms with Gasteiger partial charge in [0.15, 0.2) is 0 Å². The molecule has 0 atom stereocenters. The van der Waals surface area contributed by atoms with E-state index in [1.807, 2.05) is 45.2 Å². The van der Waals surface area contributed by atoms with Crippen molar-refractivity contribution in [2.45, 2.75) is 27.2 Å². The van der Waals surface area contributed by atoms with Gasteiger partial charge in [-0.1, -0.05) is 32.9 Å². The molecule has 0 fully saturated rings. The Morgan fingerprint density at radius 1 is 1.25 bits per heavy atom. The highest BCUT2D eigenvalue weighted by atomic mass is 16.5. The molecule has 0 spiro atoms. The number of aromatic nitrogens is 2. The summed E-state index contributed by atoms with van der Waals surface area (Å²) in [6, 6.07) is 5.84. The minimum absolute atomic E-state index is 0.805. The predicted octanol–water partition coefficient (Wildman–Crippen LogP) is 3.23. The molecule has 0 aliphatic carbocycles. The third kappa shape index (κ3) is 2.48. The van der Waals surface area contributed by atoms with Crippen molar-refractivity contribution in [2.24, 2.45) is 0 Å². The largest absolute Gasteiger partial charge is 0.494 e. The number of aryl methyl sites for hydroxylation is 1. The number of hydrogen-bond acceptors (Lipinski definition) is 3. The summed E-state index contributed by atoms with van der Waals surface area (Å²) < 4.78 is 5.24. The molecular weight excluding hydrogens is 200 g/mol. The van der Waals surface area contributed by atoms with E-state index in [9.17, 15) is 0 Å². The zero-order valence-corrected chi connectivity index (χ0v) is 10.3. The van der Waals surface area contributed by atoms with Crippen LogP contribution in [0.5, 0.6) is 5.75 Å². The number of benzene rings is 1. The van der Waals surface area contributed by atoms with Gasteiger partial charge in [0.1, 0.15) is 17.1 Å². The van der Waals surface area contributed by atoms with E-state index in [0.29, 0.717) is 0 Å². The van der Waals surface area contributed by atoms with Crippen LogP contribution in [0, 0.1) is 0 Å². The van der Waals surface area contributed by atoms with Crippen molar-refractivity contribution in [1.82, 2.24) is 9.97 Å². The van der Waals surface area contributed by atoms with Gasteiger partial charge in [-0.3, -0.25) is 0 Å². The zero-order chi connectivity index (χ0) is 12.0. The molecule has 0 saturated carbocycles. The molecule has 2 rings (SSSR count). The smallest absolute Gasteiger partial charge is 0.145 e. The van der Waals surface area contributed by atoms with Crippen molar-refractivity contribution in [1.29, 1.82) is 0 Å². The van der Waals surface area contributed by atoms with Gasteiger partial charge in [-0.05, 0) is 6.07 Å². The summed E-state index contributed by atoms with van der Waals surface area (Å²) in [5.74, 6) is 1.65. The topological polar surface area (TPSA) is 35.0 Å². The molecule has 3 nitrogen and oxygen atoms in total. The van der Waals surface area contributed by atoms with E-state index in [1.54, 1.807) is 7.11 Å². The van der Waals surface area contributed by atoms with Gasteiger partial charge in [0.05, 0.1) is 7.11 Å². The maximum atomic E-state index is 5.24. The van der Waals surface area contributed by atoms with Crippen LogP contribution < -0.4 is 4.74 Å². The highest BCUT2D eigenvalue weighted by molar-refractivity contribution is 5.83. The second-order valence-corrected chi connectivity index (χ2v) is 3.04. The summed E-state index contributed by atoms with van der Waals surface area (Å²) in [6.07, 6.45) is 2.68. The number of methoxy groups -OCH3 is 1. The Morgan fingerprint density at radius 3 is 2.62 bits per heavy atom. The minimum atomic E-state index is 0.805. The second-order valence-electron chi connectivity index (χ2n) is 3.04. The summed E-state index contributed by atoms with van der Waals surface area (Å²) in [4.78, 5) is 8.66. The first-order chi connectivity index (χ1) is 7.85. The van der Waals surface area contributed by atoms with Crippen LogP contribution in [0.4, 0.5) is 0 Å². The maximum Gasteiger partial charge on any atom is 0.145 e. The van der Waals surface area contributed by atoms with Crippen LogP contribution in [0.25, 0.3) is 10.9 Å². The monoisotopic (exact) mass is 218 g/mol. The Kier molecular flexibility index (Phi) is 4.70. The fourth-order valence-corrected chi connectivity index (χ4v) is 1.40. The van der Waals surface area contributed by atoms with E-state index in [4.69, 9.17) is 4.74 Å². The first kappa shape index (κ1) is 12.4. The lowest BCUT2D eigenvalue weighted by molar-refractivity contribution is 0.418. The third-order valence-electron chi connectivity index (χ3n) is 2.16. The van der Waals surface area contributed by atoms with Crippen molar-refractivity contribution < 1.29 is 4.74 Å². The van der Waals surface area contributed by atoms with Gasteiger partial charge in [0, 0.05) is 18.0 Å². The normalized spacial score (nSPS) is 9.50. The molecule has 0 unspecified atom stereocenters. The Balaban J connectivity index is 0.000000606. The summed E-state index contributed by atoms with van der Waals surface area (Å²) in [7, 11) is 1.66. The zero-order valence-electron chi connectivity index (χ0n) is 10.3. The van der Waals surface area contributed by atoms with Crippen molar-refractivity contribution in [3.8, 4) is 5.75 Å². The molecule has 16 heavy (non-hydrogen) atoms. The first-order valence-electron chi connectivity index (χ1n) is 5.63. The van der Waals surface area contributed by atoms with Crippen LogP contribution >= 0.6 is 0 Å². The molecule has 0 N–H and O–H groups in total. The number of rotatable bonds is 2. The van der Waals surface area contributed by atoms with E-state index in [2.05, 4.69) is 9.97 Å². The minimum Gasteiger partial charge on any atom is -0.494 e. The van der Waals surface area contributed by atoms with Crippen LogP contribution in [-0.4, -0.2) is 17.1 Å². The molecule has 0 bridgehead atoms. The van der Waals surface area contributed by atoms with Crippen molar-refractivity contribution >= 4 is 10.9 Å². The molecular formula is C13H18N2O. The van der Waals surface area contributed by atoms with Crippen LogP contribution in [0.3, 0.4) is 0 Å². The fourth-order valence-electron chi connectivity index (χ4n) is 1.40. The lowest BCUT2D eigenvalue weighted by atomic mass is 10.2. The first-order valence-corrected chi connectivity index (χ1v) is 5.63. The summed E-state index contributed by atoms with van der Waals surface area (Å²) >= 11 is 0. The van der Waals surface area contributed by atoms with Gasteiger partial charge in [-0.15, -0.1) is 0 Å². The third-order valence-corrected chi connectivity index (χ3v) is 2.16. The highest BCUT2D eigenvalue weighted by Gasteiger charge is 2.03. The Bertz CT molecular complexity index is 455. The van der Waals surface area contributed by atoms with Crippen molar-refractivity contribution in [2.75, 3.05) is 7.11 Å². The Hall–Kier alpha value is -1.64. The van der Waals surface area contributed by atoms with Gasteiger partial charge in [-0.25, -0.2) is 9.97 Å². The molecule has 0 radical (unpaired) electrons. The number of nitrogens with zero attached hydrogens (tertiary/aromatic N) is 2. The molecule has 0 aliphatic rings. The van der Waals surface area contributed by atoms with Crippen molar-refractivity contribution in [3.05, 3.63) is 30.2 Å². The number of ether oxygens (including phenoxy) is 1. The molecule has 2 aromatic rings. The molecule has 0 saturated heterocycles. The van der Waals surface area contributed by atoms with Crippen molar-refractivity contribution in [3.63, 3.8) is 0 Å². The number of fused-ring (bicyclic) bond motifs is 1. The van der Waals surface area contributed by atoms with Gasteiger partial charge < -0.3 is 4.74 Å². The van der Waals surface area contributed by atoms with E-state index in [0.717, 1.165) is 28.9 Å². The van der Waals surface area contributed by atoms with Crippen LogP contribution in [-0.2, 0) is 6.42 Å². The summed E-state index contributed by atoms with van der Waals surface area (Å²) in [5.41, 5.74) is 0.891. The average Bonchev–Trinajstić information content (AvgIpc) is 2.39. The highest BCUT2D eigenvalue weighted by Crippen LogP contribution is 2.22. The SMILES string of the molecule is CC.CCc1ncc2cccc(OC)c2n1. The summed E-state index contributed by atoms with van der Waals surface area (Å²) in [5, 5.41) is 1.02. The van der Waals surface area contributed by atoms with E-state index < -0.39 is 0 Å². The summed E-state index contributed by atoms with van der Waals surface area (Å²) in [6.45, 7) is 6.04. The van der Waals surface area contributed by atoms with Gasteiger partial charge in [0.25, 0.3) is 0 Å². The number of hydrogen-bond donors (Lipinski definition) is 0. The van der Waals surface area contributed by atoms with Crippen LogP contribution in [0.15, 0.2) is 24.4 Å².